The maximum Gasteiger partial charge on any atom is 0.355 e. The molecule has 1 N–H and O–H groups in total. The number of thiazole rings is 1. The predicted molar refractivity (Wildman–Crippen MR) is 68.2 cm³/mol. The zero-order valence-electron chi connectivity index (χ0n) is 9.33. The highest BCUT2D eigenvalue weighted by atomic mass is 32.1. The van der Waals surface area contributed by atoms with Crippen molar-refractivity contribution >= 4 is 28.1 Å². The van der Waals surface area contributed by atoms with Gasteiger partial charge in [-0.25, -0.2) is 9.78 Å². The molecule has 1 heterocycles. The number of hydrogen-bond donors (Lipinski definition) is 1. The molecule has 0 fully saturated rings. The van der Waals surface area contributed by atoms with Crippen LogP contribution >= 0.6 is 11.3 Å². The smallest absolute Gasteiger partial charge is 0.355 e. The van der Waals surface area contributed by atoms with Gasteiger partial charge in [0, 0.05) is 17.6 Å². The number of benzene rings is 1. The largest absolute Gasteiger partial charge is 0.476 e. The lowest BCUT2D eigenvalue weighted by molar-refractivity contribution is 0.0691. The first-order valence-corrected chi connectivity index (χ1v) is 6.11. The summed E-state index contributed by atoms with van der Waals surface area (Å²) in [6.45, 7) is 2.76. The molecule has 17 heavy (non-hydrogen) atoms. The number of aromatic carboxylic acids is 1. The van der Waals surface area contributed by atoms with Crippen LogP contribution in [0.2, 0.25) is 0 Å². The van der Waals surface area contributed by atoms with E-state index >= 15 is 0 Å². The summed E-state index contributed by atoms with van der Waals surface area (Å²) in [5, 5.41) is 11.1. The number of anilines is 2. The average molecular weight is 248 g/mol. The van der Waals surface area contributed by atoms with Crippen molar-refractivity contribution in [3.8, 4) is 0 Å². The lowest BCUT2D eigenvalue weighted by Gasteiger charge is -2.19. The fraction of sp³-hybridized carbons (Fsp3) is 0.167. The van der Waals surface area contributed by atoms with Crippen molar-refractivity contribution < 1.29 is 9.90 Å². The topological polar surface area (TPSA) is 53.4 Å². The van der Waals surface area contributed by atoms with Crippen LogP contribution in [0, 0.1) is 0 Å². The summed E-state index contributed by atoms with van der Waals surface area (Å²) in [6.07, 6.45) is 0. The minimum Gasteiger partial charge on any atom is -0.476 e. The first-order valence-electron chi connectivity index (χ1n) is 5.23. The summed E-state index contributed by atoms with van der Waals surface area (Å²) in [4.78, 5) is 16.9. The number of rotatable bonds is 4. The van der Waals surface area contributed by atoms with Gasteiger partial charge in [0.25, 0.3) is 0 Å². The Balaban J connectivity index is 2.32. The van der Waals surface area contributed by atoms with E-state index in [1.807, 2.05) is 42.2 Å². The van der Waals surface area contributed by atoms with Gasteiger partial charge in [0.1, 0.15) is 0 Å². The molecule has 0 bridgehead atoms. The Morgan fingerprint density at radius 1 is 1.41 bits per heavy atom. The second kappa shape index (κ2) is 4.97. The maximum absolute atomic E-state index is 10.8. The monoisotopic (exact) mass is 248 g/mol. The van der Waals surface area contributed by atoms with E-state index in [0.717, 1.165) is 12.2 Å². The van der Waals surface area contributed by atoms with E-state index in [2.05, 4.69) is 4.98 Å². The number of carbonyl (C=O) groups is 1. The highest BCUT2D eigenvalue weighted by molar-refractivity contribution is 7.14. The quantitative estimate of drug-likeness (QED) is 0.903. The van der Waals surface area contributed by atoms with Crippen molar-refractivity contribution in [3.05, 3.63) is 41.4 Å². The fourth-order valence-electron chi connectivity index (χ4n) is 1.52. The second-order valence-corrected chi connectivity index (χ2v) is 4.24. The Morgan fingerprint density at radius 2 is 2.12 bits per heavy atom. The summed E-state index contributed by atoms with van der Waals surface area (Å²) in [7, 11) is 0. The van der Waals surface area contributed by atoms with Crippen molar-refractivity contribution in [3.63, 3.8) is 0 Å². The molecular formula is C12H12N2O2S. The van der Waals surface area contributed by atoms with Crippen LogP contribution in [0.15, 0.2) is 35.7 Å². The molecule has 2 aromatic rings. The maximum atomic E-state index is 10.8. The van der Waals surface area contributed by atoms with E-state index in [9.17, 15) is 4.79 Å². The van der Waals surface area contributed by atoms with Crippen molar-refractivity contribution in [2.45, 2.75) is 6.92 Å². The zero-order valence-corrected chi connectivity index (χ0v) is 10.1. The molecule has 5 heteroatoms. The number of hydrogen-bond acceptors (Lipinski definition) is 4. The van der Waals surface area contributed by atoms with Gasteiger partial charge in [-0.2, -0.15) is 0 Å². The first kappa shape index (κ1) is 11.6. The molecule has 0 spiro atoms. The summed E-state index contributed by atoms with van der Waals surface area (Å²) in [5.41, 5.74) is 1.11. The summed E-state index contributed by atoms with van der Waals surface area (Å²) in [6, 6.07) is 9.80. The van der Waals surface area contributed by atoms with Gasteiger partial charge in [0.05, 0.1) is 0 Å². The van der Waals surface area contributed by atoms with Gasteiger partial charge >= 0.3 is 5.97 Å². The summed E-state index contributed by atoms with van der Waals surface area (Å²) >= 11 is 1.34. The molecule has 4 nitrogen and oxygen atoms in total. The van der Waals surface area contributed by atoms with Crippen molar-refractivity contribution in [1.82, 2.24) is 4.98 Å². The number of nitrogens with zero attached hydrogens (tertiary/aromatic N) is 2. The van der Waals surface area contributed by atoms with Crippen LogP contribution < -0.4 is 4.90 Å². The second-order valence-electron chi connectivity index (χ2n) is 3.40. The Kier molecular flexibility index (Phi) is 3.39. The van der Waals surface area contributed by atoms with Crippen LogP contribution in [0.5, 0.6) is 0 Å². The van der Waals surface area contributed by atoms with Gasteiger partial charge < -0.3 is 10.0 Å². The molecule has 2 rings (SSSR count). The van der Waals surface area contributed by atoms with Crippen molar-refractivity contribution in [2.24, 2.45) is 0 Å². The van der Waals surface area contributed by atoms with Gasteiger partial charge in [-0.3, -0.25) is 0 Å². The molecule has 0 saturated heterocycles. The normalized spacial score (nSPS) is 10.2. The summed E-state index contributed by atoms with van der Waals surface area (Å²) in [5.74, 6) is -0.989. The molecule has 0 aliphatic rings. The molecule has 0 aliphatic heterocycles. The highest BCUT2D eigenvalue weighted by Gasteiger charge is 2.14. The van der Waals surface area contributed by atoms with Gasteiger partial charge in [0.15, 0.2) is 10.8 Å². The van der Waals surface area contributed by atoms with E-state index in [-0.39, 0.29) is 5.69 Å². The van der Waals surface area contributed by atoms with Crippen LogP contribution in [0.3, 0.4) is 0 Å². The van der Waals surface area contributed by atoms with Crippen LogP contribution in [-0.2, 0) is 0 Å². The van der Waals surface area contributed by atoms with Gasteiger partial charge in [-0.05, 0) is 19.1 Å². The Labute approximate surface area is 103 Å². The van der Waals surface area contributed by atoms with Gasteiger partial charge in [0.2, 0.25) is 0 Å². The van der Waals surface area contributed by atoms with E-state index < -0.39 is 5.97 Å². The summed E-state index contributed by atoms with van der Waals surface area (Å²) < 4.78 is 0. The average Bonchev–Trinajstić information content (AvgIpc) is 2.81. The number of para-hydroxylation sites is 1. The minimum atomic E-state index is -0.989. The molecule has 0 aliphatic carbocycles. The van der Waals surface area contributed by atoms with Crippen LogP contribution in [-0.4, -0.2) is 22.6 Å². The third kappa shape index (κ3) is 2.45. The molecule has 88 valence electrons. The first-order chi connectivity index (χ1) is 8.22. The lowest BCUT2D eigenvalue weighted by Crippen LogP contribution is -2.15. The molecule has 0 amide bonds. The third-order valence-electron chi connectivity index (χ3n) is 2.33. The number of aromatic nitrogens is 1. The number of carboxylic acids is 1. The molecule has 1 aromatic heterocycles. The van der Waals surface area contributed by atoms with Crippen molar-refractivity contribution in [1.29, 1.82) is 0 Å². The standard InChI is InChI=1S/C12H12N2O2S/c1-2-14(9-6-4-3-5-7-9)12-13-10(8-17-12)11(15)16/h3-8H,2H2,1H3,(H,15,16). The van der Waals surface area contributed by atoms with E-state index in [1.54, 1.807) is 5.38 Å². The van der Waals surface area contributed by atoms with Crippen LogP contribution in [0.25, 0.3) is 0 Å². The molecule has 0 unspecified atom stereocenters. The molecule has 0 atom stereocenters. The third-order valence-corrected chi connectivity index (χ3v) is 3.19. The van der Waals surface area contributed by atoms with E-state index in [0.29, 0.717) is 5.13 Å². The van der Waals surface area contributed by atoms with Crippen LogP contribution in [0.1, 0.15) is 17.4 Å². The predicted octanol–water partition coefficient (Wildman–Crippen LogP) is 3.00. The fourth-order valence-corrected chi connectivity index (χ4v) is 2.41. The number of carboxylic acid groups (broad SMARTS) is 1. The SMILES string of the molecule is CCN(c1ccccc1)c1nc(C(=O)O)cs1. The molecule has 0 saturated carbocycles. The molecule has 0 radical (unpaired) electrons. The molecular weight excluding hydrogens is 236 g/mol. The van der Waals surface area contributed by atoms with Gasteiger partial charge in [-0.1, -0.05) is 18.2 Å². The van der Waals surface area contributed by atoms with Crippen molar-refractivity contribution in [2.75, 3.05) is 11.4 Å². The highest BCUT2D eigenvalue weighted by Crippen LogP contribution is 2.27. The van der Waals surface area contributed by atoms with E-state index in [4.69, 9.17) is 5.11 Å². The lowest BCUT2D eigenvalue weighted by atomic mass is 10.3. The van der Waals surface area contributed by atoms with E-state index in [1.165, 1.54) is 11.3 Å². The van der Waals surface area contributed by atoms with Crippen LogP contribution in [0.4, 0.5) is 10.8 Å². The zero-order chi connectivity index (χ0) is 12.3. The molecule has 1 aromatic carbocycles. The minimum absolute atomic E-state index is 0.0966. The Hall–Kier alpha value is -1.88. The Bertz CT molecular complexity index is 510. The Morgan fingerprint density at radius 3 is 2.65 bits per heavy atom. The van der Waals surface area contributed by atoms with Gasteiger partial charge in [-0.15, -0.1) is 11.3 Å².